The number of nitrogens with zero attached hydrogens (tertiary/aromatic N) is 3. The van der Waals surface area contributed by atoms with Gasteiger partial charge in [-0.3, -0.25) is 15.2 Å². The molecule has 0 fully saturated rings. The van der Waals surface area contributed by atoms with E-state index in [0.717, 1.165) is 6.07 Å². The fourth-order valence-corrected chi connectivity index (χ4v) is 2.04. The average Bonchev–Trinajstić information content (AvgIpc) is 2.89. The van der Waals surface area contributed by atoms with Crippen LogP contribution in [-0.2, 0) is 6.18 Å². The van der Waals surface area contributed by atoms with Crippen molar-refractivity contribution in [1.82, 2.24) is 15.2 Å². The molecule has 9 heteroatoms. The van der Waals surface area contributed by atoms with Crippen molar-refractivity contribution in [2.75, 3.05) is 0 Å². The Morgan fingerprint density at radius 2 is 1.95 bits per heavy atom. The molecule has 22 heavy (non-hydrogen) atoms. The van der Waals surface area contributed by atoms with Crippen molar-refractivity contribution in [3.8, 4) is 11.4 Å². The second-order valence-corrected chi connectivity index (χ2v) is 4.47. The summed E-state index contributed by atoms with van der Waals surface area (Å²) in [4.78, 5) is 13.8. The minimum atomic E-state index is -4.58. The Balaban J connectivity index is 2.18. The third-order valence-corrected chi connectivity index (χ3v) is 3.04. The number of aromatic amines is 1. The molecule has 0 spiro atoms. The number of nitro groups is 1. The molecule has 2 aromatic heterocycles. The Morgan fingerprint density at radius 3 is 2.64 bits per heavy atom. The van der Waals surface area contributed by atoms with Crippen LogP contribution < -0.4 is 0 Å². The van der Waals surface area contributed by atoms with Gasteiger partial charge in [0.2, 0.25) is 0 Å². The van der Waals surface area contributed by atoms with Crippen LogP contribution in [0.25, 0.3) is 22.3 Å². The highest BCUT2D eigenvalue weighted by Gasteiger charge is 2.32. The zero-order valence-corrected chi connectivity index (χ0v) is 10.8. The molecule has 0 aliphatic heterocycles. The average molecular weight is 308 g/mol. The molecule has 0 bridgehead atoms. The van der Waals surface area contributed by atoms with Crippen molar-refractivity contribution in [1.29, 1.82) is 0 Å². The van der Waals surface area contributed by atoms with Crippen LogP contribution in [-0.4, -0.2) is 20.1 Å². The van der Waals surface area contributed by atoms with Gasteiger partial charge in [-0.1, -0.05) is 6.07 Å². The molecule has 0 atom stereocenters. The molecule has 0 aliphatic carbocycles. The predicted octanol–water partition coefficient (Wildman–Crippen LogP) is 3.55. The Kier molecular flexibility index (Phi) is 3.05. The number of benzene rings is 1. The number of hydrogen-bond acceptors (Lipinski definition) is 4. The highest BCUT2D eigenvalue weighted by molar-refractivity contribution is 5.93. The van der Waals surface area contributed by atoms with E-state index in [-0.39, 0.29) is 17.1 Å². The molecule has 0 radical (unpaired) electrons. The van der Waals surface area contributed by atoms with Crippen LogP contribution in [0.2, 0.25) is 0 Å². The smallest absolute Gasteiger partial charge is 0.277 e. The molecule has 0 saturated carbocycles. The van der Waals surface area contributed by atoms with Gasteiger partial charge >= 0.3 is 6.18 Å². The van der Waals surface area contributed by atoms with E-state index in [4.69, 9.17) is 0 Å². The highest BCUT2D eigenvalue weighted by atomic mass is 19.4. The second-order valence-electron chi connectivity index (χ2n) is 4.47. The Hall–Kier alpha value is -2.97. The number of fused-ring (bicyclic) bond motifs is 1. The Morgan fingerprint density at radius 1 is 1.18 bits per heavy atom. The van der Waals surface area contributed by atoms with Gasteiger partial charge in [-0.15, -0.1) is 0 Å². The largest absolute Gasteiger partial charge is 0.433 e. The van der Waals surface area contributed by atoms with Gasteiger partial charge in [-0.25, -0.2) is 4.98 Å². The molecule has 0 unspecified atom stereocenters. The van der Waals surface area contributed by atoms with Gasteiger partial charge in [0.25, 0.3) is 5.69 Å². The predicted molar refractivity (Wildman–Crippen MR) is 71.0 cm³/mol. The highest BCUT2D eigenvalue weighted by Crippen LogP contribution is 2.32. The molecule has 0 saturated heterocycles. The maximum absolute atomic E-state index is 12.7. The van der Waals surface area contributed by atoms with Gasteiger partial charge in [0, 0.05) is 17.5 Å². The van der Waals surface area contributed by atoms with E-state index in [1.54, 1.807) is 0 Å². The first-order valence-corrected chi connectivity index (χ1v) is 6.03. The maximum atomic E-state index is 12.7. The van der Waals surface area contributed by atoms with Crippen LogP contribution in [0.4, 0.5) is 18.9 Å². The molecule has 3 rings (SSSR count). The quantitative estimate of drug-likeness (QED) is 0.579. The van der Waals surface area contributed by atoms with E-state index in [2.05, 4.69) is 15.2 Å². The molecule has 6 nitrogen and oxygen atoms in total. The minimum absolute atomic E-state index is 0.0124. The van der Waals surface area contributed by atoms with Crippen molar-refractivity contribution in [2.45, 2.75) is 6.18 Å². The number of hydrogen-bond donors (Lipinski definition) is 1. The fourth-order valence-electron chi connectivity index (χ4n) is 2.04. The van der Waals surface area contributed by atoms with Crippen LogP contribution in [0.15, 0.2) is 36.4 Å². The SMILES string of the molecule is O=[N+]([O-])c1ccc2[nH]nc(-c3cccc(C(F)(F)F)n3)c2c1. The summed E-state index contributed by atoms with van der Waals surface area (Å²) in [6, 6.07) is 7.39. The third kappa shape index (κ3) is 2.36. The van der Waals surface area contributed by atoms with E-state index in [9.17, 15) is 23.3 Å². The van der Waals surface area contributed by atoms with Crippen molar-refractivity contribution in [3.05, 3.63) is 52.2 Å². The molecular formula is C13H7F3N4O2. The molecule has 1 N–H and O–H groups in total. The summed E-state index contributed by atoms with van der Waals surface area (Å²) in [5.41, 5.74) is -0.639. The number of non-ortho nitro benzene ring substituents is 1. The third-order valence-electron chi connectivity index (χ3n) is 3.04. The number of pyridine rings is 1. The Bertz CT molecular complexity index is 873. The van der Waals surface area contributed by atoms with Crippen LogP contribution >= 0.6 is 0 Å². The summed E-state index contributed by atoms with van der Waals surface area (Å²) in [6.45, 7) is 0. The number of H-pyrrole nitrogens is 1. The van der Waals surface area contributed by atoms with Crippen molar-refractivity contribution in [3.63, 3.8) is 0 Å². The fraction of sp³-hybridized carbons (Fsp3) is 0.0769. The van der Waals surface area contributed by atoms with Crippen LogP contribution in [0, 0.1) is 10.1 Å². The number of rotatable bonds is 2. The van der Waals surface area contributed by atoms with Crippen molar-refractivity contribution >= 4 is 16.6 Å². The molecule has 0 aliphatic rings. The number of halogens is 3. The first-order chi connectivity index (χ1) is 10.4. The van der Waals surface area contributed by atoms with Gasteiger partial charge in [0.1, 0.15) is 11.4 Å². The standard InChI is InChI=1S/C13H7F3N4O2/c14-13(15,16)11-3-1-2-10(17-11)12-8-6-7(20(21)22)4-5-9(8)18-19-12/h1-6H,(H,18,19). The van der Waals surface area contributed by atoms with E-state index in [1.165, 1.54) is 30.3 Å². The number of nitrogens with one attached hydrogen (secondary N) is 1. The maximum Gasteiger partial charge on any atom is 0.433 e. The van der Waals surface area contributed by atoms with Gasteiger partial charge in [0.15, 0.2) is 0 Å². The zero-order valence-electron chi connectivity index (χ0n) is 10.8. The number of nitro benzene ring substituents is 1. The van der Waals surface area contributed by atoms with Crippen molar-refractivity contribution in [2.24, 2.45) is 0 Å². The molecule has 0 amide bonds. The molecule has 3 aromatic rings. The second kappa shape index (κ2) is 4.79. The van der Waals surface area contributed by atoms with Gasteiger partial charge in [-0.05, 0) is 18.2 Å². The molecule has 2 heterocycles. The zero-order chi connectivity index (χ0) is 15.9. The van der Waals surface area contributed by atoms with Crippen LogP contribution in [0.3, 0.4) is 0 Å². The van der Waals surface area contributed by atoms with E-state index >= 15 is 0 Å². The topological polar surface area (TPSA) is 84.7 Å². The summed E-state index contributed by atoms with van der Waals surface area (Å²) in [7, 11) is 0. The van der Waals surface area contributed by atoms with Gasteiger partial charge in [-0.2, -0.15) is 18.3 Å². The lowest BCUT2D eigenvalue weighted by Crippen LogP contribution is -2.08. The summed E-state index contributed by atoms with van der Waals surface area (Å²) in [5, 5.41) is 17.7. The summed E-state index contributed by atoms with van der Waals surface area (Å²) >= 11 is 0. The molecule has 1 aromatic carbocycles. The van der Waals surface area contributed by atoms with Gasteiger partial charge in [0.05, 0.1) is 16.1 Å². The molecule has 112 valence electrons. The summed E-state index contributed by atoms with van der Waals surface area (Å²) in [6.07, 6.45) is -4.58. The summed E-state index contributed by atoms with van der Waals surface area (Å²) in [5.74, 6) is 0. The lowest BCUT2D eigenvalue weighted by atomic mass is 10.1. The normalized spacial score (nSPS) is 11.8. The Labute approximate surface area is 120 Å². The lowest BCUT2D eigenvalue weighted by Gasteiger charge is -2.06. The van der Waals surface area contributed by atoms with Crippen molar-refractivity contribution < 1.29 is 18.1 Å². The number of alkyl halides is 3. The van der Waals surface area contributed by atoms with Crippen LogP contribution in [0.5, 0.6) is 0 Å². The monoisotopic (exact) mass is 308 g/mol. The van der Waals surface area contributed by atoms with Gasteiger partial charge < -0.3 is 0 Å². The first kappa shape index (κ1) is 14.0. The summed E-state index contributed by atoms with van der Waals surface area (Å²) < 4.78 is 38.1. The van der Waals surface area contributed by atoms with E-state index in [1.807, 2.05) is 0 Å². The lowest BCUT2D eigenvalue weighted by molar-refractivity contribution is -0.384. The molecular weight excluding hydrogens is 301 g/mol. The first-order valence-electron chi connectivity index (χ1n) is 6.03. The minimum Gasteiger partial charge on any atom is -0.277 e. The van der Waals surface area contributed by atoms with E-state index < -0.39 is 16.8 Å². The van der Waals surface area contributed by atoms with E-state index in [0.29, 0.717) is 10.9 Å². The van der Waals surface area contributed by atoms with Crippen LogP contribution in [0.1, 0.15) is 5.69 Å². The number of aromatic nitrogens is 3.